The number of hydrogen-bond acceptors (Lipinski definition) is 5. The Morgan fingerprint density at radius 3 is 2.67 bits per heavy atom. The molecule has 2 heterocycles. The van der Waals surface area contributed by atoms with E-state index in [4.69, 9.17) is 4.52 Å². The van der Waals surface area contributed by atoms with Gasteiger partial charge in [0.1, 0.15) is 11.5 Å². The van der Waals surface area contributed by atoms with E-state index in [2.05, 4.69) is 15.5 Å². The van der Waals surface area contributed by atoms with Crippen molar-refractivity contribution < 1.29 is 23.6 Å². The van der Waals surface area contributed by atoms with Gasteiger partial charge in [0, 0.05) is 11.8 Å². The molecule has 0 unspecified atom stereocenters. The average Bonchev–Trinajstić information content (AvgIpc) is 2.99. The summed E-state index contributed by atoms with van der Waals surface area (Å²) in [6.45, 7) is 0. The van der Waals surface area contributed by atoms with E-state index in [-0.39, 0.29) is 28.4 Å². The highest BCUT2D eigenvalue weighted by Gasteiger charge is 2.26. The topological polar surface area (TPSA) is 105 Å². The van der Waals surface area contributed by atoms with Crippen molar-refractivity contribution in [3.8, 4) is 11.4 Å². The van der Waals surface area contributed by atoms with Crippen LogP contribution in [0.5, 0.6) is 0 Å². The predicted molar refractivity (Wildman–Crippen MR) is 81.0 cm³/mol. The Hall–Kier alpha value is -3.55. The molecule has 0 aliphatic rings. The molecular weight excluding hydrogens is 317 g/mol. The first kappa shape index (κ1) is 15.3. The number of nitrogens with zero attached hydrogens (tertiary/aromatic N) is 2. The maximum Gasteiger partial charge on any atom is 0.343 e. The number of nitrogens with one attached hydrogen (secondary N) is 1. The monoisotopic (exact) mass is 327 g/mol. The highest BCUT2D eigenvalue weighted by molar-refractivity contribution is 6.08. The van der Waals surface area contributed by atoms with Crippen LogP contribution in [0.3, 0.4) is 0 Å². The maximum absolute atomic E-state index is 13.2. The fourth-order valence-electron chi connectivity index (χ4n) is 2.06. The van der Waals surface area contributed by atoms with Crippen molar-refractivity contribution in [2.24, 2.45) is 0 Å². The van der Waals surface area contributed by atoms with Gasteiger partial charge in [-0.1, -0.05) is 17.3 Å². The quantitative estimate of drug-likeness (QED) is 0.763. The van der Waals surface area contributed by atoms with E-state index in [1.54, 1.807) is 18.2 Å². The molecule has 1 amide bonds. The summed E-state index contributed by atoms with van der Waals surface area (Å²) in [5.74, 6) is -3.00. The number of carboxylic acid groups (broad SMARTS) is 1. The second-order valence-corrected chi connectivity index (χ2v) is 4.72. The fourth-order valence-corrected chi connectivity index (χ4v) is 2.06. The van der Waals surface area contributed by atoms with Crippen molar-refractivity contribution in [1.82, 2.24) is 10.1 Å². The molecule has 7 nitrogen and oxygen atoms in total. The van der Waals surface area contributed by atoms with Crippen molar-refractivity contribution in [1.29, 1.82) is 0 Å². The molecule has 2 aromatic heterocycles. The number of amides is 1. The zero-order valence-corrected chi connectivity index (χ0v) is 12.1. The third-order valence-electron chi connectivity index (χ3n) is 3.13. The van der Waals surface area contributed by atoms with Gasteiger partial charge in [-0.25, -0.2) is 9.18 Å². The SMILES string of the molecule is O=C(Nc1onc(-c2ccccn2)c1C(=O)O)c1cccc(F)c1. The van der Waals surface area contributed by atoms with Crippen LogP contribution < -0.4 is 5.32 Å². The second kappa shape index (κ2) is 6.29. The predicted octanol–water partition coefficient (Wildman–Crippen LogP) is 2.83. The van der Waals surface area contributed by atoms with Crippen molar-refractivity contribution in [3.05, 3.63) is 65.6 Å². The van der Waals surface area contributed by atoms with Crippen LogP contribution in [0.1, 0.15) is 20.7 Å². The van der Waals surface area contributed by atoms with E-state index in [0.29, 0.717) is 0 Å². The fraction of sp³-hybridized carbons (Fsp3) is 0. The first-order valence-corrected chi connectivity index (χ1v) is 6.77. The van der Waals surface area contributed by atoms with Crippen LogP contribution in [0.25, 0.3) is 11.4 Å². The Balaban J connectivity index is 1.96. The van der Waals surface area contributed by atoms with Crippen LogP contribution in [0.15, 0.2) is 53.2 Å². The molecule has 0 bridgehead atoms. The third kappa shape index (κ3) is 2.98. The molecule has 3 rings (SSSR count). The van der Waals surface area contributed by atoms with Gasteiger partial charge in [0.2, 0.25) is 5.88 Å². The summed E-state index contributed by atoms with van der Waals surface area (Å²) in [5.41, 5.74) is -0.0527. The first-order valence-electron chi connectivity index (χ1n) is 6.77. The zero-order valence-electron chi connectivity index (χ0n) is 12.1. The number of anilines is 1. The number of benzene rings is 1. The molecule has 0 aliphatic heterocycles. The van der Waals surface area contributed by atoms with Crippen molar-refractivity contribution in [3.63, 3.8) is 0 Å². The minimum Gasteiger partial charge on any atom is -0.477 e. The summed E-state index contributed by atoms with van der Waals surface area (Å²) >= 11 is 0. The number of carbonyl (C=O) groups is 2. The van der Waals surface area contributed by atoms with Gasteiger partial charge >= 0.3 is 5.97 Å². The van der Waals surface area contributed by atoms with Crippen LogP contribution in [0.4, 0.5) is 10.3 Å². The van der Waals surface area contributed by atoms with Crippen molar-refractivity contribution in [2.75, 3.05) is 5.32 Å². The van der Waals surface area contributed by atoms with E-state index in [1.807, 2.05) is 0 Å². The number of carbonyl (C=O) groups excluding carboxylic acids is 1. The highest BCUT2D eigenvalue weighted by Crippen LogP contribution is 2.27. The molecule has 0 atom stereocenters. The average molecular weight is 327 g/mol. The molecule has 2 N–H and O–H groups in total. The van der Waals surface area contributed by atoms with Crippen LogP contribution in [-0.2, 0) is 0 Å². The molecule has 0 radical (unpaired) electrons. The Labute approximate surface area is 134 Å². The molecule has 120 valence electrons. The molecular formula is C16H10FN3O4. The van der Waals surface area contributed by atoms with Gasteiger partial charge in [-0.3, -0.25) is 15.1 Å². The molecule has 0 spiro atoms. The molecule has 8 heteroatoms. The number of carboxylic acids is 1. The lowest BCUT2D eigenvalue weighted by atomic mass is 10.1. The molecule has 24 heavy (non-hydrogen) atoms. The third-order valence-corrected chi connectivity index (χ3v) is 3.13. The van der Waals surface area contributed by atoms with E-state index in [0.717, 1.165) is 6.07 Å². The lowest BCUT2D eigenvalue weighted by Crippen LogP contribution is -2.14. The van der Waals surface area contributed by atoms with Gasteiger partial charge in [0.05, 0.1) is 5.69 Å². The van der Waals surface area contributed by atoms with Crippen LogP contribution in [0, 0.1) is 5.82 Å². The minimum atomic E-state index is -1.34. The summed E-state index contributed by atoms with van der Waals surface area (Å²) in [6.07, 6.45) is 1.47. The first-order chi connectivity index (χ1) is 11.6. The molecule has 3 aromatic rings. The van der Waals surface area contributed by atoms with E-state index < -0.39 is 17.7 Å². The molecule has 1 aromatic carbocycles. The Morgan fingerprint density at radius 1 is 1.17 bits per heavy atom. The van der Waals surface area contributed by atoms with E-state index in [9.17, 15) is 19.1 Å². The van der Waals surface area contributed by atoms with Gasteiger partial charge in [0.25, 0.3) is 5.91 Å². The molecule has 0 saturated heterocycles. The number of pyridine rings is 1. The van der Waals surface area contributed by atoms with E-state index in [1.165, 1.54) is 24.4 Å². The van der Waals surface area contributed by atoms with Gasteiger partial charge in [0.15, 0.2) is 5.56 Å². The highest BCUT2D eigenvalue weighted by atomic mass is 19.1. The van der Waals surface area contributed by atoms with Crippen LogP contribution in [0.2, 0.25) is 0 Å². The minimum absolute atomic E-state index is 0.0159. The standard InChI is InChI=1S/C16H10FN3O4/c17-10-5-3-4-9(8-10)14(21)19-15-12(16(22)23)13(20-24-15)11-6-1-2-7-18-11/h1-8H,(H,19,21)(H,22,23). The van der Waals surface area contributed by atoms with Crippen molar-refractivity contribution in [2.45, 2.75) is 0 Å². The number of aromatic carboxylic acids is 1. The maximum atomic E-state index is 13.2. The van der Waals surface area contributed by atoms with Gasteiger partial charge < -0.3 is 9.63 Å². The van der Waals surface area contributed by atoms with E-state index >= 15 is 0 Å². The number of hydrogen-bond donors (Lipinski definition) is 2. The smallest absolute Gasteiger partial charge is 0.343 e. The summed E-state index contributed by atoms with van der Waals surface area (Å²) in [6, 6.07) is 9.84. The van der Waals surface area contributed by atoms with Gasteiger partial charge in [-0.15, -0.1) is 0 Å². The summed E-state index contributed by atoms with van der Waals surface area (Å²) in [7, 11) is 0. The number of halogens is 1. The largest absolute Gasteiger partial charge is 0.477 e. The van der Waals surface area contributed by atoms with Crippen LogP contribution >= 0.6 is 0 Å². The number of rotatable bonds is 4. The molecule has 0 aliphatic carbocycles. The Bertz CT molecular complexity index is 909. The summed E-state index contributed by atoms with van der Waals surface area (Å²) in [5, 5.41) is 15.3. The molecule has 0 fully saturated rings. The summed E-state index contributed by atoms with van der Waals surface area (Å²) < 4.78 is 18.1. The zero-order chi connectivity index (χ0) is 17.1. The summed E-state index contributed by atoms with van der Waals surface area (Å²) in [4.78, 5) is 27.6. The number of aromatic nitrogens is 2. The Morgan fingerprint density at radius 2 is 2.00 bits per heavy atom. The van der Waals surface area contributed by atoms with Crippen molar-refractivity contribution >= 4 is 17.8 Å². The van der Waals surface area contributed by atoms with Crippen LogP contribution in [-0.4, -0.2) is 27.1 Å². The lowest BCUT2D eigenvalue weighted by molar-refractivity contribution is 0.0698. The van der Waals surface area contributed by atoms with Gasteiger partial charge in [-0.2, -0.15) is 0 Å². The van der Waals surface area contributed by atoms with Gasteiger partial charge in [-0.05, 0) is 30.3 Å². The lowest BCUT2D eigenvalue weighted by Gasteiger charge is -2.03. The normalized spacial score (nSPS) is 10.4. The second-order valence-electron chi connectivity index (χ2n) is 4.72. The molecule has 0 saturated carbocycles. The Kier molecular flexibility index (Phi) is 4.02.